The van der Waals surface area contributed by atoms with Gasteiger partial charge in [0.2, 0.25) is 0 Å². The zero-order chi connectivity index (χ0) is 14.2. The Morgan fingerprint density at radius 3 is 2.47 bits per heavy atom. The van der Waals surface area contributed by atoms with Crippen LogP contribution in [0.4, 0.5) is 4.39 Å². The van der Waals surface area contributed by atoms with Gasteiger partial charge in [0.25, 0.3) is 0 Å². The first kappa shape index (κ1) is 15.0. The highest BCUT2D eigenvalue weighted by Gasteiger charge is 2.21. The van der Waals surface area contributed by atoms with Gasteiger partial charge < -0.3 is 0 Å². The van der Waals surface area contributed by atoms with E-state index in [1.807, 2.05) is 6.07 Å². The Labute approximate surface area is 130 Å². The maximum absolute atomic E-state index is 13.5. The predicted molar refractivity (Wildman–Crippen MR) is 85.2 cm³/mol. The third kappa shape index (κ3) is 3.21. The van der Waals surface area contributed by atoms with Crippen LogP contribution in [0.5, 0.6) is 0 Å². The maximum atomic E-state index is 13.5. The fourth-order valence-corrected chi connectivity index (χ4v) is 4.01. The van der Waals surface area contributed by atoms with E-state index >= 15 is 0 Å². The van der Waals surface area contributed by atoms with E-state index in [2.05, 4.69) is 48.8 Å². The summed E-state index contributed by atoms with van der Waals surface area (Å²) in [4.78, 5) is 2.37. The summed E-state index contributed by atoms with van der Waals surface area (Å²) in [7, 11) is 0. The van der Waals surface area contributed by atoms with Crippen molar-refractivity contribution in [1.82, 2.24) is 0 Å². The van der Waals surface area contributed by atoms with Crippen molar-refractivity contribution in [2.24, 2.45) is 0 Å². The largest absolute Gasteiger partial charge is 0.205 e. The van der Waals surface area contributed by atoms with E-state index in [9.17, 15) is 4.39 Å². The van der Waals surface area contributed by atoms with E-state index in [0.717, 1.165) is 10.4 Å². The first-order valence-corrected chi connectivity index (χ1v) is 8.10. The molecule has 4 heteroatoms. The van der Waals surface area contributed by atoms with Gasteiger partial charge in [-0.05, 0) is 29.2 Å². The van der Waals surface area contributed by atoms with Gasteiger partial charge in [-0.1, -0.05) is 60.4 Å². The van der Waals surface area contributed by atoms with Crippen molar-refractivity contribution in [3.05, 3.63) is 56.5 Å². The molecular formula is C15H15BrClFS. The average Bonchev–Trinajstić information content (AvgIpc) is 2.81. The molecule has 1 unspecified atom stereocenters. The summed E-state index contributed by atoms with van der Waals surface area (Å²) in [6.45, 7) is 6.54. The van der Waals surface area contributed by atoms with Crippen molar-refractivity contribution in [2.75, 3.05) is 0 Å². The molecular weight excluding hydrogens is 347 g/mol. The highest BCUT2D eigenvalue weighted by Crippen LogP contribution is 2.41. The van der Waals surface area contributed by atoms with Crippen molar-refractivity contribution in [3.63, 3.8) is 0 Å². The quantitative estimate of drug-likeness (QED) is 0.549. The molecule has 1 aromatic carbocycles. The number of halogens is 3. The average molecular weight is 362 g/mol. The van der Waals surface area contributed by atoms with E-state index in [-0.39, 0.29) is 21.1 Å². The first-order chi connectivity index (χ1) is 8.80. The Balaban J connectivity index is 2.37. The van der Waals surface area contributed by atoms with Gasteiger partial charge in [0.05, 0.1) is 9.85 Å². The Kier molecular flexibility index (Phi) is 4.38. The molecule has 1 heterocycles. The fraction of sp³-hybridized carbons (Fsp3) is 0.333. The van der Waals surface area contributed by atoms with Crippen LogP contribution >= 0.6 is 38.9 Å². The van der Waals surface area contributed by atoms with Gasteiger partial charge in [-0.15, -0.1) is 11.3 Å². The SMILES string of the molecule is CC(C)(C)c1ccc(C(Br)c2cccc(F)c2Cl)s1. The molecule has 1 atom stereocenters. The van der Waals surface area contributed by atoms with Crippen LogP contribution < -0.4 is 0 Å². The summed E-state index contributed by atoms with van der Waals surface area (Å²) in [5.74, 6) is -0.379. The number of rotatable bonds is 2. The second-order valence-corrected chi connectivity index (χ2v) is 7.87. The highest BCUT2D eigenvalue weighted by atomic mass is 79.9. The lowest BCUT2D eigenvalue weighted by molar-refractivity contribution is 0.604. The van der Waals surface area contributed by atoms with Gasteiger partial charge in [0.1, 0.15) is 5.82 Å². The van der Waals surface area contributed by atoms with Crippen LogP contribution in [0.25, 0.3) is 0 Å². The molecule has 0 saturated heterocycles. The van der Waals surface area contributed by atoms with Crippen molar-refractivity contribution in [1.29, 1.82) is 0 Å². The molecule has 0 fully saturated rings. The van der Waals surface area contributed by atoms with Crippen LogP contribution in [-0.4, -0.2) is 0 Å². The van der Waals surface area contributed by atoms with E-state index < -0.39 is 0 Å². The maximum Gasteiger partial charge on any atom is 0.142 e. The Morgan fingerprint density at radius 2 is 1.89 bits per heavy atom. The van der Waals surface area contributed by atoms with Crippen molar-refractivity contribution >= 4 is 38.9 Å². The summed E-state index contributed by atoms with van der Waals surface area (Å²) < 4.78 is 13.5. The second-order valence-electron chi connectivity index (χ2n) is 5.46. The van der Waals surface area contributed by atoms with Crippen molar-refractivity contribution < 1.29 is 4.39 Å². The van der Waals surface area contributed by atoms with Crippen molar-refractivity contribution in [3.8, 4) is 0 Å². The van der Waals surface area contributed by atoms with E-state index in [1.165, 1.54) is 10.9 Å². The minimum Gasteiger partial charge on any atom is -0.205 e. The summed E-state index contributed by atoms with van der Waals surface area (Å²) in [6, 6.07) is 9.11. The standard InChI is InChI=1S/C15H15BrClFS/c1-15(2,3)12-8-7-11(19-12)13(16)9-5-4-6-10(18)14(9)17/h4-8,13H,1-3H3. The molecule has 0 saturated carbocycles. The number of alkyl halides is 1. The lowest BCUT2D eigenvalue weighted by Crippen LogP contribution is -2.07. The minimum atomic E-state index is -0.379. The fourth-order valence-electron chi connectivity index (χ4n) is 1.76. The van der Waals surface area contributed by atoms with Crippen LogP contribution in [0.2, 0.25) is 5.02 Å². The van der Waals surface area contributed by atoms with Crippen LogP contribution in [0, 0.1) is 5.82 Å². The molecule has 102 valence electrons. The zero-order valence-corrected chi connectivity index (χ0v) is 14.2. The molecule has 0 aliphatic rings. The topological polar surface area (TPSA) is 0 Å². The van der Waals surface area contributed by atoms with Gasteiger partial charge in [0.15, 0.2) is 0 Å². The monoisotopic (exact) mass is 360 g/mol. The van der Waals surface area contributed by atoms with Gasteiger partial charge >= 0.3 is 0 Å². The van der Waals surface area contributed by atoms with E-state index in [0.29, 0.717) is 0 Å². The molecule has 2 rings (SSSR count). The lowest BCUT2D eigenvalue weighted by Gasteiger charge is -2.16. The number of hydrogen-bond donors (Lipinski definition) is 0. The number of benzene rings is 1. The molecule has 0 spiro atoms. The third-order valence-corrected chi connectivity index (χ3v) is 6.13. The molecule has 0 bridgehead atoms. The van der Waals surface area contributed by atoms with E-state index in [1.54, 1.807) is 17.4 Å². The van der Waals surface area contributed by atoms with Crippen LogP contribution in [0.3, 0.4) is 0 Å². The van der Waals surface area contributed by atoms with Crippen molar-refractivity contribution in [2.45, 2.75) is 31.0 Å². The molecule has 0 aliphatic heterocycles. The van der Waals surface area contributed by atoms with Gasteiger partial charge in [-0.2, -0.15) is 0 Å². The number of hydrogen-bond acceptors (Lipinski definition) is 1. The summed E-state index contributed by atoms with van der Waals surface area (Å²) in [6.07, 6.45) is 0. The second kappa shape index (κ2) is 5.55. The molecule has 0 amide bonds. The summed E-state index contributed by atoms with van der Waals surface area (Å²) in [5.41, 5.74) is 0.894. The summed E-state index contributed by atoms with van der Waals surface area (Å²) >= 11 is 11.4. The molecule has 0 radical (unpaired) electrons. The molecule has 0 N–H and O–H groups in total. The zero-order valence-electron chi connectivity index (χ0n) is 11.0. The molecule has 1 aromatic heterocycles. The molecule has 2 aromatic rings. The Hall–Kier alpha value is -0.380. The predicted octanol–water partition coefficient (Wildman–Crippen LogP) is 6.32. The first-order valence-electron chi connectivity index (χ1n) is 5.99. The number of thiophene rings is 1. The lowest BCUT2D eigenvalue weighted by atomic mass is 9.95. The smallest absolute Gasteiger partial charge is 0.142 e. The van der Waals surface area contributed by atoms with Crippen LogP contribution in [-0.2, 0) is 5.41 Å². The molecule has 19 heavy (non-hydrogen) atoms. The van der Waals surface area contributed by atoms with Crippen LogP contribution in [0.1, 0.15) is 40.9 Å². The normalized spacial score (nSPS) is 13.6. The van der Waals surface area contributed by atoms with Gasteiger partial charge in [0, 0.05) is 9.75 Å². The van der Waals surface area contributed by atoms with E-state index in [4.69, 9.17) is 11.6 Å². The van der Waals surface area contributed by atoms with Gasteiger partial charge in [-0.3, -0.25) is 0 Å². The van der Waals surface area contributed by atoms with Gasteiger partial charge in [-0.25, -0.2) is 4.39 Å². The Bertz CT molecular complexity index is 586. The highest BCUT2D eigenvalue weighted by molar-refractivity contribution is 9.09. The van der Waals surface area contributed by atoms with Crippen LogP contribution in [0.15, 0.2) is 30.3 Å². The Morgan fingerprint density at radius 1 is 1.21 bits per heavy atom. The third-order valence-electron chi connectivity index (χ3n) is 2.87. The molecule has 0 aliphatic carbocycles. The summed E-state index contributed by atoms with van der Waals surface area (Å²) in [5, 5.41) is 0.190. The molecule has 0 nitrogen and oxygen atoms in total. The minimum absolute atomic E-state index is 0.0724.